The number of pyridine rings is 3. The maximum Gasteiger partial charge on any atom is 0.273 e. The normalized spacial score (nSPS) is 14.2. The Balaban J connectivity index is 1.72. The average Bonchev–Trinajstić information content (AvgIpc) is 3.26. The van der Waals surface area contributed by atoms with Crippen molar-refractivity contribution in [3.63, 3.8) is 0 Å². The number of rotatable bonds is 4. The second-order valence-electron chi connectivity index (χ2n) is 9.53. The third kappa shape index (κ3) is 4.11. The van der Waals surface area contributed by atoms with E-state index in [1.165, 1.54) is 5.56 Å². The van der Waals surface area contributed by atoms with Crippen molar-refractivity contribution in [2.24, 2.45) is 14.1 Å². The van der Waals surface area contributed by atoms with E-state index in [4.69, 9.17) is 0 Å². The molecule has 1 N–H and O–H groups in total. The fraction of sp³-hybridized carbons (Fsp3) is 0.241. The molecule has 1 aliphatic rings. The van der Waals surface area contributed by atoms with Crippen molar-refractivity contribution in [3.05, 3.63) is 104 Å². The van der Waals surface area contributed by atoms with E-state index in [0.29, 0.717) is 17.8 Å². The van der Waals surface area contributed by atoms with E-state index in [1.807, 2.05) is 38.4 Å². The van der Waals surface area contributed by atoms with Crippen LogP contribution in [-0.2, 0) is 20.5 Å². The molecule has 1 aliphatic heterocycles. The number of hydrogen-bond acceptors (Lipinski definition) is 5. The zero-order chi connectivity index (χ0) is 25.6. The van der Waals surface area contributed by atoms with E-state index >= 15 is 0 Å². The number of anilines is 1. The minimum absolute atomic E-state index is 0.0583. The second-order valence-corrected chi connectivity index (χ2v) is 9.53. The number of nitrogens with zero attached hydrogens (tertiary/aromatic N) is 4. The van der Waals surface area contributed by atoms with Crippen molar-refractivity contribution >= 4 is 5.69 Å². The minimum Gasteiger partial charge on any atom is -0.380 e. The molecule has 0 amide bonds. The van der Waals surface area contributed by atoms with Gasteiger partial charge in [0, 0.05) is 67.5 Å². The summed E-state index contributed by atoms with van der Waals surface area (Å²) in [5.41, 5.74) is 8.38. The smallest absolute Gasteiger partial charge is 0.273 e. The Bertz CT molecular complexity index is 1640. The zero-order valence-corrected chi connectivity index (χ0v) is 20.8. The van der Waals surface area contributed by atoms with Crippen molar-refractivity contribution in [1.82, 2.24) is 14.1 Å². The molecule has 0 bridgehead atoms. The average molecular weight is 478 g/mol. The van der Waals surface area contributed by atoms with Crippen LogP contribution in [0.25, 0.3) is 22.3 Å². The Morgan fingerprint density at radius 3 is 2.31 bits per heavy atom. The quantitative estimate of drug-likeness (QED) is 0.479. The molecule has 7 heteroatoms. The highest BCUT2D eigenvalue weighted by molar-refractivity contribution is 5.87. The monoisotopic (exact) mass is 477 g/mol. The first kappa shape index (κ1) is 23.3. The Morgan fingerprint density at radius 1 is 0.972 bits per heavy atom. The maximum atomic E-state index is 13.1. The van der Waals surface area contributed by atoms with Gasteiger partial charge in [0.1, 0.15) is 5.69 Å². The van der Waals surface area contributed by atoms with Gasteiger partial charge in [-0.15, -0.1) is 0 Å². The molecular formula is C29H27N5O2. The van der Waals surface area contributed by atoms with Crippen molar-refractivity contribution in [2.45, 2.75) is 26.2 Å². The predicted molar refractivity (Wildman–Crippen MR) is 141 cm³/mol. The van der Waals surface area contributed by atoms with Gasteiger partial charge in [0.05, 0.1) is 11.6 Å². The molecule has 1 unspecified atom stereocenters. The van der Waals surface area contributed by atoms with Crippen LogP contribution in [0.2, 0.25) is 0 Å². The van der Waals surface area contributed by atoms with Crippen molar-refractivity contribution in [2.75, 3.05) is 11.9 Å². The van der Waals surface area contributed by atoms with Crippen molar-refractivity contribution < 1.29 is 0 Å². The van der Waals surface area contributed by atoms with Gasteiger partial charge in [-0.3, -0.25) is 14.6 Å². The Labute approximate surface area is 209 Å². The fourth-order valence-electron chi connectivity index (χ4n) is 5.19. The Kier molecular flexibility index (Phi) is 5.81. The van der Waals surface area contributed by atoms with Gasteiger partial charge in [0.2, 0.25) is 0 Å². The molecule has 7 nitrogen and oxygen atoms in total. The number of benzene rings is 1. The number of hydrogen-bond donors (Lipinski definition) is 1. The minimum atomic E-state index is -0.132. The van der Waals surface area contributed by atoms with Crippen LogP contribution in [0.15, 0.2) is 64.4 Å². The Hall–Kier alpha value is -4.44. The molecule has 0 aliphatic carbocycles. The van der Waals surface area contributed by atoms with E-state index in [-0.39, 0.29) is 17.0 Å². The summed E-state index contributed by atoms with van der Waals surface area (Å²) in [5.74, 6) is 0.0583. The van der Waals surface area contributed by atoms with E-state index in [9.17, 15) is 14.9 Å². The lowest BCUT2D eigenvalue weighted by atomic mass is 9.86. The Morgan fingerprint density at radius 2 is 1.64 bits per heavy atom. The summed E-state index contributed by atoms with van der Waals surface area (Å²) >= 11 is 0. The van der Waals surface area contributed by atoms with Gasteiger partial charge in [-0.05, 0) is 66.8 Å². The first-order chi connectivity index (χ1) is 17.2. The summed E-state index contributed by atoms with van der Waals surface area (Å²) in [7, 11) is 3.46. The van der Waals surface area contributed by atoms with Gasteiger partial charge in [-0.2, -0.15) is 5.26 Å². The summed E-state index contributed by atoms with van der Waals surface area (Å²) in [5, 5.41) is 12.6. The van der Waals surface area contributed by atoms with Crippen LogP contribution >= 0.6 is 0 Å². The molecule has 4 aromatic rings. The third-order valence-electron chi connectivity index (χ3n) is 6.82. The highest BCUT2D eigenvalue weighted by Gasteiger charge is 2.30. The van der Waals surface area contributed by atoms with Crippen LogP contribution in [0.3, 0.4) is 0 Å². The molecule has 0 fully saturated rings. The molecule has 1 aromatic carbocycles. The lowest BCUT2D eigenvalue weighted by Gasteiger charge is -2.19. The van der Waals surface area contributed by atoms with E-state index in [1.54, 1.807) is 41.4 Å². The molecule has 180 valence electrons. The number of nitrogens with one attached hydrogen (secondary N) is 1. The first-order valence-corrected chi connectivity index (χ1v) is 11.9. The van der Waals surface area contributed by atoms with Gasteiger partial charge < -0.3 is 14.5 Å². The fourth-order valence-corrected chi connectivity index (χ4v) is 5.19. The number of fused-ring (bicyclic) bond motifs is 1. The number of aryl methyl sites for hydroxylation is 4. The van der Waals surface area contributed by atoms with E-state index in [2.05, 4.69) is 28.5 Å². The van der Waals surface area contributed by atoms with E-state index < -0.39 is 0 Å². The molecule has 0 saturated carbocycles. The van der Waals surface area contributed by atoms with Crippen molar-refractivity contribution in [1.29, 1.82) is 5.26 Å². The van der Waals surface area contributed by atoms with E-state index in [0.717, 1.165) is 45.6 Å². The molecule has 36 heavy (non-hydrogen) atoms. The van der Waals surface area contributed by atoms with Gasteiger partial charge >= 0.3 is 0 Å². The molecule has 0 saturated heterocycles. The van der Waals surface area contributed by atoms with Crippen molar-refractivity contribution in [3.8, 4) is 28.3 Å². The summed E-state index contributed by atoms with van der Waals surface area (Å²) in [6.07, 6.45) is 4.41. The maximum absolute atomic E-state index is 13.1. The highest BCUT2D eigenvalue weighted by Crippen LogP contribution is 2.41. The van der Waals surface area contributed by atoms with Crippen LogP contribution < -0.4 is 16.4 Å². The third-order valence-corrected chi connectivity index (χ3v) is 6.82. The molecule has 0 spiro atoms. The molecule has 4 heterocycles. The summed E-state index contributed by atoms with van der Waals surface area (Å²) < 4.78 is 3.13. The molecular weight excluding hydrogens is 450 g/mol. The second kappa shape index (κ2) is 8.97. The molecule has 0 radical (unpaired) electrons. The van der Waals surface area contributed by atoms with Crippen LogP contribution in [-0.4, -0.2) is 20.7 Å². The van der Waals surface area contributed by atoms with Gasteiger partial charge in [-0.25, -0.2) is 0 Å². The topological polar surface area (TPSA) is 92.7 Å². The lowest BCUT2D eigenvalue weighted by Crippen LogP contribution is -2.21. The lowest BCUT2D eigenvalue weighted by molar-refractivity contribution is 0.747. The summed E-state index contributed by atoms with van der Waals surface area (Å²) in [6.45, 7) is 4.61. The first-order valence-electron chi connectivity index (χ1n) is 11.9. The SMILES string of the molecule is Cc1cc(CC2CNc3c2c(-c2cc(=O)n(C)cc2-c2ccc(C#N)cc2)cn(C)c3=O)cc(C)n1. The largest absolute Gasteiger partial charge is 0.380 e. The highest BCUT2D eigenvalue weighted by atomic mass is 16.1. The van der Waals surface area contributed by atoms with Gasteiger partial charge in [-0.1, -0.05) is 12.1 Å². The zero-order valence-electron chi connectivity index (χ0n) is 20.8. The molecule has 5 rings (SSSR count). The van der Waals surface area contributed by atoms with Gasteiger partial charge in [0.25, 0.3) is 11.1 Å². The number of nitriles is 1. The standard InChI is InChI=1S/C29H27N5O2/c1-17-9-20(10-18(2)32-17)11-22-14-31-28-27(22)25(16-34(4)29(28)36)23-12-26(35)33(3)15-24(23)21-7-5-19(13-30)6-8-21/h5-10,12,15-16,22,31H,11,14H2,1-4H3. The van der Waals surface area contributed by atoms with Crippen LogP contribution in [0.4, 0.5) is 5.69 Å². The molecule has 1 atom stereocenters. The van der Waals surface area contributed by atoms with Crippen LogP contribution in [0.5, 0.6) is 0 Å². The predicted octanol–water partition coefficient (Wildman–Crippen LogP) is 4.05. The summed E-state index contributed by atoms with van der Waals surface area (Å²) in [6, 6.07) is 15.3. The van der Waals surface area contributed by atoms with Gasteiger partial charge in [0.15, 0.2) is 0 Å². The van der Waals surface area contributed by atoms with Crippen LogP contribution in [0.1, 0.15) is 34.0 Å². The molecule has 3 aromatic heterocycles. The number of aromatic nitrogens is 3. The summed E-state index contributed by atoms with van der Waals surface area (Å²) in [4.78, 5) is 30.4. The van der Waals surface area contributed by atoms with Crippen LogP contribution in [0, 0.1) is 25.2 Å².